The van der Waals surface area contributed by atoms with Gasteiger partial charge in [0.15, 0.2) is 0 Å². The van der Waals surface area contributed by atoms with Crippen molar-refractivity contribution in [3.8, 4) is 5.75 Å². The Labute approximate surface area is 187 Å². The van der Waals surface area contributed by atoms with E-state index in [0.717, 1.165) is 5.56 Å². The van der Waals surface area contributed by atoms with Crippen molar-refractivity contribution in [2.45, 2.75) is 37.6 Å². The predicted octanol–water partition coefficient (Wildman–Crippen LogP) is 4.16. The molecule has 1 heterocycles. The predicted molar refractivity (Wildman–Crippen MR) is 117 cm³/mol. The van der Waals surface area contributed by atoms with E-state index >= 15 is 0 Å². The molecule has 2 atom stereocenters. The van der Waals surface area contributed by atoms with Crippen molar-refractivity contribution in [1.82, 2.24) is 9.62 Å². The van der Waals surface area contributed by atoms with Crippen molar-refractivity contribution in [3.05, 3.63) is 58.9 Å². The zero-order chi connectivity index (χ0) is 22.6. The van der Waals surface area contributed by atoms with E-state index in [0.29, 0.717) is 31.0 Å². The maximum absolute atomic E-state index is 13.3. The van der Waals surface area contributed by atoms with E-state index in [1.54, 1.807) is 25.1 Å². The second kappa shape index (κ2) is 9.97. The average Bonchev–Trinajstić information content (AvgIpc) is 2.75. The Morgan fingerprint density at radius 3 is 2.68 bits per heavy atom. The zero-order valence-corrected chi connectivity index (χ0v) is 19.0. The molecule has 0 saturated carbocycles. The molecule has 0 unspecified atom stereocenters. The molecule has 9 heteroatoms. The Kier molecular flexibility index (Phi) is 7.56. The number of rotatable bonds is 7. The van der Waals surface area contributed by atoms with Crippen LogP contribution in [-0.4, -0.2) is 38.3 Å². The first-order chi connectivity index (χ1) is 14.7. The van der Waals surface area contributed by atoms with Gasteiger partial charge in [0.2, 0.25) is 15.9 Å². The number of amides is 1. The first-order valence-electron chi connectivity index (χ1n) is 10.2. The smallest absolute Gasteiger partial charge is 0.246 e. The third-order valence-electron chi connectivity index (χ3n) is 5.31. The fourth-order valence-corrected chi connectivity index (χ4v) is 5.56. The Morgan fingerprint density at radius 1 is 1.29 bits per heavy atom. The monoisotopic (exact) mass is 468 g/mol. The van der Waals surface area contributed by atoms with Crippen molar-refractivity contribution in [2.24, 2.45) is 5.92 Å². The molecule has 1 N–H and O–H groups in total. The largest absolute Gasteiger partial charge is 0.492 e. The Morgan fingerprint density at radius 2 is 2.00 bits per heavy atom. The lowest BCUT2D eigenvalue weighted by atomic mass is 9.98. The average molecular weight is 469 g/mol. The van der Waals surface area contributed by atoms with E-state index in [1.165, 1.54) is 28.6 Å². The maximum atomic E-state index is 13.3. The van der Waals surface area contributed by atoms with Crippen molar-refractivity contribution in [3.63, 3.8) is 0 Å². The van der Waals surface area contributed by atoms with E-state index in [2.05, 4.69) is 5.32 Å². The SMILES string of the molecule is CCOc1ccc(Cl)cc1S(=O)(=O)N1CCC[C@H](C(=O)N[C@H](C)c2ccc(F)cc2)C1. The van der Waals surface area contributed by atoms with E-state index in [9.17, 15) is 17.6 Å². The van der Waals surface area contributed by atoms with Crippen LogP contribution in [0.5, 0.6) is 5.75 Å². The number of nitrogens with zero attached hydrogens (tertiary/aromatic N) is 1. The summed E-state index contributed by atoms with van der Waals surface area (Å²) < 4.78 is 46.5. The lowest BCUT2D eigenvalue weighted by Crippen LogP contribution is -2.45. The van der Waals surface area contributed by atoms with Gasteiger partial charge in [-0.1, -0.05) is 23.7 Å². The minimum atomic E-state index is -3.89. The number of carbonyl (C=O) groups is 1. The molecule has 2 aromatic carbocycles. The quantitative estimate of drug-likeness (QED) is 0.662. The highest BCUT2D eigenvalue weighted by Gasteiger charge is 2.35. The third-order valence-corrected chi connectivity index (χ3v) is 7.43. The topological polar surface area (TPSA) is 75.7 Å². The molecule has 31 heavy (non-hydrogen) atoms. The van der Waals surface area contributed by atoms with Crippen LogP contribution >= 0.6 is 11.6 Å². The van der Waals surface area contributed by atoms with E-state index in [1.807, 2.05) is 6.92 Å². The second-order valence-corrected chi connectivity index (χ2v) is 9.85. The molecular formula is C22H26ClFN2O4S. The summed E-state index contributed by atoms with van der Waals surface area (Å²) in [5, 5.41) is 3.20. The fraction of sp³-hybridized carbons (Fsp3) is 0.409. The van der Waals surface area contributed by atoms with Crippen LogP contribution in [0.15, 0.2) is 47.4 Å². The van der Waals surface area contributed by atoms with Gasteiger partial charge >= 0.3 is 0 Å². The maximum Gasteiger partial charge on any atom is 0.246 e. The molecule has 1 fully saturated rings. The van der Waals surface area contributed by atoms with Crippen LogP contribution in [0.25, 0.3) is 0 Å². The summed E-state index contributed by atoms with van der Waals surface area (Å²) in [6, 6.07) is 10.1. The normalized spacial score (nSPS) is 18.4. The minimum absolute atomic E-state index is 0.00240. The molecule has 1 aliphatic heterocycles. The zero-order valence-electron chi connectivity index (χ0n) is 17.5. The first kappa shape index (κ1) is 23.5. The Hall–Kier alpha value is -2.16. The van der Waals surface area contributed by atoms with Crippen LogP contribution in [-0.2, 0) is 14.8 Å². The fourth-order valence-electron chi connectivity index (χ4n) is 3.64. The van der Waals surface area contributed by atoms with Crippen molar-refractivity contribution in [2.75, 3.05) is 19.7 Å². The lowest BCUT2D eigenvalue weighted by Gasteiger charge is -2.32. The van der Waals surface area contributed by atoms with Gasteiger partial charge in [-0.3, -0.25) is 4.79 Å². The summed E-state index contributed by atoms with van der Waals surface area (Å²) in [6.45, 7) is 4.29. The van der Waals surface area contributed by atoms with Crippen LogP contribution < -0.4 is 10.1 Å². The number of carbonyl (C=O) groups excluding carboxylic acids is 1. The van der Waals surface area contributed by atoms with Gasteiger partial charge < -0.3 is 10.1 Å². The Balaban J connectivity index is 1.74. The Bertz CT molecular complexity index is 1030. The van der Waals surface area contributed by atoms with Crippen LogP contribution in [0.3, 0.4) is 0 Å². The standard InChI is InChI=1S/C22H26ClFN2O4S/c1-3-30-20-11-8-18(23)13-21(20)31(28,29)26-12-4-5-17(14-26)22(27)25-15(2)16-6-9-19(24)10-7-16/h6-11,13,15,17H,3-5,12,14H2,1-2H3,(H,25,27)/t15-,17+/m1/s1. The third kappa shape index (κ3) is 5.56. The molecule has 0 spiro atoms. The number of hydrogen-bond donors (Lipinski definition) is 1. The van der Waals surface area contributed by atoms with Gasteiger partial charge in [-0.05, 0) is 62.6 Å². The summed E-state index contributed by atoms with van der Waals surface area (Å²) in [4.78, 5) is 12.8. The van der Waals surface area contributed by atoms with Gasteiger partial charge in [0.25, 0.3) is 0 Å². The molecule has 168 valence electrons. The lowest BCUT2D eigenvalue weighted by molar-refractivity contribution is -0.126. The van der Waals surface area contributed by atoms with Crippen LogP contribution in [0.2, 0.25) is 5.02 Å². The van der Waals surface area contributed by atoms with Gasteiger partial charge in [0.1, 0.15) is 16.5 Å². The molecule has 0 aliphatic carbocycles. The highest BCUT2D eigenvalue weighted by molar-refractivity contribution is 7.89. The van der Waals surface area contributed by atoms with E-state index in [-0.39, 0.29) is 35.0 Å². The number of piperidine rings is 1. The molecule has 1 amide bonds. The number of sulfonamides is 1. The van der Waals surface area contributed by atoms with Gasteiger partial charge in [0.05, 0.1) is 18.6 Å². The van der Waals surface area contributed by atoms with E-state index in [4.69, 9.17) is 16.3 Å². The van der Waals surface area contributed by atoms with E-state index < -0.39 is 15.9 Å². The summed E-state index contributed by atoms with van der Waals surface area (Å²) in [7, 11) is -3.89. The summed E-state index contributed by atoms with van der Waals surface area (Å²) in [5.74, 6) is -0.819. The molecule has 6 nitrogen and oxygen atoms in total. The molecular weight excluding hydrogens is 443 g/mol. The number of halogens is 2. The highest BCUT2D eigenvalue weighted by atomic mass is 35.5. The highest BCUT2D eigenvalue weighted by Crippen LogP contribution is 2.32. The summed E-state index contributed by atoms with van der Waals surface area (Å²) >= 11 is 6.04. The van der Waals surface area contributed by atoms with Crippen LogP contribution in [0.4, 0.5) is 4.39 Å². The van der Waals surface area contributed by atoms with Crippen molar-refractivity contribution >= 4 is 27.5 Å². The molecule has 0 aromatic heterocycles. The summed E-state index contributed by atoms with van der Waals surface area (Å²) in [6.07, 6.45) is 1.15. The van der Waals surface area contributed by atoms with Crippen molar-refractivity contribution in [1.29, 1.82) is 0 Å². The number of hydrogen-bond acceptors (Lipinski definition) is 4. The summed E-state index contributed by atoms with van der Waals surface area (Å²) in [5.41, 5.74) is 0.773. The van der Waals surface area contributed by atoms with Crippen LogP contribution in [0, 0.1) is 11.7 Å². The first-order valence-corrected chi connectivity index (χ1v) is 12.0. The van der Waals surface area contributed by atoms with Gasteiger partial charge in [-0.25, -0.2) is 12.8 Å². The molecule has 0 radical (unpaired) electrons. The minimum Gasteiger partial charge on any atom is -0.492 e. The van der Waals surface area contributed by atoms with Gasteiger partial charge in [-0.2, -0.15) is 4.31 Å². The number of benzene rings is 2. The molecule has 3 rings (SSSR count). The molecule has 0 bridgehead atoms. The molecule has 1 aliphatic rings. The number of nitrogens with one attached hydrogen (secondary N) is 1. The van der Waals surface area contributed by atoms with Gasteiger partial charge in [-0.15, -0.1) is 0 Å². The van der Waals surface area contributed by atoms with Crippen molar-refractivity contribution < 1.29 is 22.3 Å². The second-order valence-electron chi connectivity index (χ2n) is 7.51. The molecule has 2 aromatic rings. The molecule has 1 saturated heterocycles. The van der Waals surface area contributed by atoms with Crippen LogP contribution in [0.1, 0.15) is 38.3 Å². The van der Waals surface area contributed by atoms with Gasteiger partial charge in [0, 0.05) is 18.1 Å². The number of ether oxygens (including phenoxy) is 1.